The topological polar surface area (TPSA) is 23.9 Å². The van der Waals surface area contributed by atoms with Crippen LogP contribution in [0, 0.1) is 10.8 Å². The summed E-state index contributed by atoms with van der Waals surface area (Å²) in [6.45, 7) is 11.6. The fourth-order valence-electron chi connectivity index (χ4n) is 0.320. The molecule has 0 aromatic carbocycles. The molecule has 0 unspecified atom stereocenters. The molecule has 0 bridgehead atoms. The van der Waals surface area contributed by atoms with Crippen LogP contribution in [-0.4, -0.2) is 5.71 Å². The van der Waals surface area contributed by atoms with E-state index in [1.54, 1.807) is 0 Å². The molecule has 0 atom stereocenters. The fraction of sp³-hybridized carbons (Fsp3) is 0.625. The molecular formula is C8H15N. The van der Waals surface area contributed by atoms with Gasteiger partial charge in [-0.05, 0) is 13.8 Å². The van der Waals surface area contributed by atoms with Crippen LogP contribution in [0.15, 0.2) is 12.2 Å². The normalized spacial score (nSPS) is 11.1. The van der Waals surface area contributed by atoms with Crippen molar-refractivity contribution < 1.29 is 0 Å². The fourth-order valence-corrected chi connectivity index (χ4v) is 0.320. The number of nitrogens with one attached hydrogen (secondary N) is 1. The monoisotopic (exact) mass is 125 g/mol. The molecule has 0 saturated carbocycles. The van der Waals surface area contributed by atoms with Gasteiger partial charge < -0.3 is 5.41 Å². The number of rotatable bonds is 2. The molecule has 0 amide bonds. The van der Waals surface area contributed by atoms with E-state index in [1.165, 1.54) is 0 Å². The lowest BCUT2D eigenvalue weighted by atomic mass is 9.82. The van der Waals surface area contributed by atoms with Crippen LogP contribution in [-0.2, 0) is 0 Å². The first-order valence-electron chi connectivity index (χ1n) is 3.10. The Hall–Kier alpha value is -0.590. The summed E-state index contributed by atoms with van der Waals surface area (Å²) in [5, 5.41) is 7.37. The maximum absolute atomic E-state index is 7.37. The molecule has 0 aromatic heterocycles. The zero-order chi connectivity index (χ0) is 7.65. The maximum Gasteiger partial charge on any atom is 0.0223 e. The Morgan fingerprint density at radius 1 is 1.33 bits per heavy atom. The molecule has 9 heavy (non-hydrogen) atoms. The highest BCUT2D eigenvalue weighted by Crippen LogP contribution is 2.24. The van der Waals surface area contributed by atoms with Crippen LogP contribution < -0.4 is 0 Å². The van der Waals surface area contributed by atoms with Crippen LogP contribution in [0.3, 0.4) is 0 Å². The van der Waals surface area contributed by atoms with E-state index in [2.05, 4.69) is 6.58 Å². The standard InChI is InChI=1S/C8H15N/c1-6(2)8(4,5)7(3)9/h9H,1H2,2-5H3. The summed E-state index contributed by atoms with van der Waals surface area (Å²) in [7, 11) is 0. The van der Waals surface area contributed by atoms with Gasteiger partial charge in [-0.15, -0.1) is 0 Å². The van der Waals surface area contributed by atoms with Gasteiger partial charge in [0, 0.05) is 11.1 Å². The Kier molecular flexibility index (Phi) is 2.19. The van der Waals surface area contributed by atoms with Gasteiger partial charge in [-0.3, -0.25) is 0 Å². The van der Waals surface area contributed by atoms with Crippen molar-refractivity contribution in [2.24, 2.45) is 5.41 Å². The molecule has 52 valence electrons. The van der Waals surface area contributed by atoms with Crippen LogP contribution in [0.2, 0.25) is 0 Å². The summed E-state index contributed by atoms with van der Waals surface area (Å²) in [6.07, 6.45) is 0. The summed E-state index contributed by atoms with van der Waals surface area (Å²) in [6, 6.07) is 0. The summed E-state index contributed by atoms with van der Waals surface area (Å²) >= 11 is 0. The van der Waals surface area contributed by atoms with E-state index in [0.29, 0.717) is 5.71 Å². The minimum atomic E-state index is -0.111. The highest BCUT2D eigenvalue weighted by molar-refractivity contribution is 5.86. The van der Waals surface area contributed by atoms with Gasteiger partial charge in [0.05, 0.1) is 0 Å². The van der Waals surface area contributed by atoms with Gasteiger partial charge in [0.1, 0.15) is 0 Å². The van der Waals surface area contributed by atoms with E-state index in [4.69, 9.17) is 5.41 Å². The van der Waals surface area contributed by atoms with E-state index < -0.39 is 0 Å². The molecule has 0 rings (SSSR count). The quantitative estimate of drug-likeness (QED) is 0.433. The predicted octanol–water partition coefficient (Wildman–Crippen LogP) is 2.63. The minimum absolute atomic E-state index is 0.111. The predicted molar refractivity (Wildman–Crippen MR) is 42.0 cm³/mol. The van der Waals surface area contributed by atoms with E-state index >= 15 is 0 Å². The lowest BCUT2D eigenvalue weighted by Crippen LogP contribution is -2.21. The van der Waals surface area contributed by atoms with Gasteiger partial charge >= 0.3 is 0 Å². The number of hydrogen-bond donors (Lipinski definition) is 1. The highest BCUT2D eigenvalue weighted by atomic mass is 14.5. The van der Waals surface area contributed by atoms with Gasteiger partial charge in [-0.1, -0.05) is 26.0 Å². The third-order valence-electron chi connectivity index (χ3n) is 2.00. The van der Waals surface area contributed by atoms with Gasteiger partial charge in [-0.25, -0.2) is 0 Å². The van der Waals surface area contributed by atoms with Gasteiger partial charge in [0.25, 0.3) is 0 Å². The molecule has 0 fully saturated rings. The Labute approximate surface area is 57.3 Å². The molecule has 1 nitrogen and oxygen atoms in total. The van der Waals surface area contributed by atoms with Gasteiger partial charge in [-0.2, -0.15) is 0 Å². The second kappa shape index (κ2) is 2.34. The second-order valence-corrected chi connectivity index (χ2v) is 3.03. The molecule has 1 N–H and O–H groups in total. The van der Waals surface area contributed by atoms with E-state index in [0.717, 1.165) is 5.57 Å². The largest absolute Gasteiger partial charge is 0.309 e. The molecule has 0 radical (unpaired) electrons. The molecule has 0 aliphatic carbocycles. The zero-order valence-electron chi connectivity index (χ0n) is 6.71. The molecule has 0 heterocycles. The third kappa shape index (κ3) is 1.67. The minimum Gasteiger partial charge on any atom is -0.309 e. The lowest BCUT2D eigenvalue weighted by molar-refractivity contribution is 0.622. The molecule has 0 spiro atoms. The first-order chi connectivity index (χ1) is 3.89. The highest BCUT2D eigenvalue weighted by Gasteiger charge is 2.20. The lowest BCUT2D eigenvalue weighted by Gasteiger charge is -2.23. The third-order valence-corrected chi connectivity index (χ3v) is 2.00. The van der Waals surface area contributed by atoms with E-state index in [9.17, 15) is 0 Å². The van der Waals surface area contributed by atoms with E-state index in [-0.39, 0.29) is 5.41 Å². The summed E-state index contributed by atoms with van der Waals surface area (Å²) in [4.78, 5) is 0. The van der Waals surface area contributed by atoms with Gasteiger partial charge in [0.2, 0.25) is 0 Å². The summed E-state index contributed by atoms with van der Waals surface area (Å²) in [5.74, 6) is 0. The smallest absolute Gasteiger partial charge is 0.0223 e. The van der Waals surface area contributed by atoms with Crippen molar-refractivity contribution in [3.63, 3.8) is 0 Å². The SMILES string of the molecule is C=C(C)C(C)(C)C(C)=N. The molecule has 1 heteroatoms. The summed E-state index contributed by atoms with van der Waals surface area (Å²) < 4.78 is 0. The summed E-state index contributed by atoms with van der Waals surface area (Å²) in [5.41, 5.74) is 1.62. The van der Waals surface area contributed by atoms with Crippen molar-refractivity contribution in [1.82, 2.24) is 0 Å². The van der Waals surface area contributed by atoms with Crippen molar-refractivity contribution in [1.29, 1.82) is 5.41 Å². The van der Waals surface area contributed by atoms with Gasteiger partial charge in [0.15, 0.2) is 0 Å². The first-order valence-corrected chi connectivity index (χ1v) is 3.10. The van der Waals surface area contributed by atoms with Crippen molar-refractivity contribution in [3.05, 3.63) is 12.2 Å². The molecule has 0 aliphatic heterocycles. The Morgan fingerprint density at radius 2 is 1.67 bits per heavy atom. The Bertz CT molecular complexity index is 127. The second-order valence-electron chi connectivity index (χ2n) is 3.03. The van der Waals surface area contributed by atoms with Crippen molar-refractivity contribution in [3.8, 4) is 0 Å². The Morgan fingerprint density at radius 3 is 1.67 bits per heavy atom. The average Bonchev–Trinajstić information content (AvgIpc) is 1.65. The molecule has 0 aliphatic rings. The van der Waals surface area contributed by atoms with Crippen LogP contribution in [0.25, 0.3) is 0 Å². The molecule has 0 aromatic rings. The average molecular weight is 125 g/mol. The van der Waals surface area contributed by atoms with E-state index in [1.807, 2.05) is 27.7 Å². The Balaban J connectivity index is 4.38. The van der Waals surface area contributed by atoms with Crippen LogP contribution in [0.5, 0.6) is 0 Å². The van der Waals surface area contributed by atoms with Crippen molar-refractivity contribution >= 4 is 5.71 Å². The number of hydrogen-bond acceptors (Lipinski definition) is 1. The van der Waals surface area contributed by atoms with Crippen molar-refractivity contribution in [2.45, 2.75) is 27.7 Å². The maximum atomic E-state index is 7.37. The molecular weight excluding hydrogens is 110 g/mol. The van der Waals surface area contributed by atoms with Crippen LogP contribution >= 0.6 is 0 Å². The van der Waals surface area contributed by atoms with Crippen LogP contribution in [0.1, 0.15) is 27.7 Å². The number of allylic oxidation sites excluding steroid dienone is 1. The zero-order valence-corrected chi connectivity index (χ0v) is 6.71. The van der Waals surface area contributed by atoms with Crippen LogP contribution in [0.4, 0.5) is 0 Å². The van der Waals surface area contributed by atoms with Crippen molar-refractivity contribution in [2.75, 3.05) is 0 Å². The molecule has 0 saturated heterocycles. The first kappa shape index (κ1) is 8.41.